The zero-order valence-corrected chi connectivity index (χ0v) is 10.9. The van der Waals surface area contributed by atoms with Crippen LogP contribution in [0.1, 0.15) is 18.9 Å². The molecule has 2 nitrogen and oxygen atoms in total. The largest absolute Gasteiger partial charge is 0.493 e. The Hall–Kier alpha value is -0.540. The van der Waals surface area contributed by atoms with Crippen LogP contribution in [-0.4, -0.2) is 20.2 Å². The van der Waals surface area contributed by atoms with E-state index < -0.39 is 0 Å². The lowest BCUT2D eigenvalue weighted by Crippen LogP contribution is -2.11. The average Bonchev–Trinajstić information content (AvgIpc) is 2.26. The van der Waals surface area contributed by atoms with Crippen LogP contribution in [0.4, 0.5) is 0 Å². The van der Waals surface area contributed by atoms with Crippen molar-refractivity contribution >= 4 is 15.9 Å². The normalized spacial score (nSPS) is 10.3. The number of ether oxygens (including phenoxy) is 1. The summed E-state index contributed by atoms with van der Waals surface area (Å²) in [4.78, 5) is 0. The number of halogens is 1. The smallest absolute Gasteiger partial charge is 0.122 e. The van der Waals surface area contributed by atoms with Crippen molar-refractivity contribution in [2.75, 3.05) is 20.2 Å². The second kappa shape index (κ2) is 6.85. The van der Waals surface area contributed by atoms with Gasteiger partial charge in [0.15, 0.2) is 0 Å². The maximum absolute atomic E-state index is 5.72. The van der Waals surface area contributed by atoms with E-state index in [0.29, 0.717) is 0 Å². The number of hydrogen-bond acceptors (Lipinski definition) is 2. The number of hydrogen-bond donors (Lipinski definition) is 1. The lowest BCUT2D eigenvalue weighted by Gasteiger charge is -2.10. The molecule has 0 unspecified atom stereocenters. The van der Waals surface area contributed by atoms with E-state index in [1.165, 1.54) is 5.56 Å². The minimum atomic E-state index is 0.773. The summed E-state index contributed by atoms with van der Waals surface area (Å²) in [5, 5.41) is 3.10. The van der Waals surface area contributed by atoms with Gasteiger partial charge in [0.25, 0.3) is 0 Å². The zero-order valence-electron chi connectivity index (χ0n) is 9.35. The van der Waals surface area contributed by atoms with Crippen LogP contribution >= 0.6 is 15.9 Å². The van der Waals surface area contributed by atoms with Gasteiger partial charge in [-0.05, 0) is 50.2 Å². The molecule has 0 saturated carbocycles. The Morgan fingerprint density at radius 3 is 2.87 bits per heavy atom. The first kappa shape index (κ1) is 12.5. The van der Waals surface area contributed by atoms with Gasteiger partial charge >= 0.3 is 0 Å². The molecule has 84 valence electrons. The van der Waals surface area contributed by atoms with Crippen LogP contribution in [0.5, 0.6) is 5.75 Å². The summed E-state index contributed by atoms with van der Waals surface area (Å²) in [7, 11) is 1.96. The van der Waals surface area contributed by atoms with Gasteiger partial charge in [0.05, 0.1) is 6.61 Å². The lowest BCUT2D eigenvalue weighted by molar-refractivity contribution is 0.307. The summed E-state index contributed by atoms with van der Waals surface area (Å²) in [6.07, 6.45) is 2.04. The number of rotatable bonds is 6. The maximum atomic E-state index is 5.72. The van der Waals surface area contributed by atoms with Crippen molar-refractivity contribution in [1.82, 2.24) is 5.32 Å². The van der Waals surface area contributed by atoms with Crippen LogP contribution in [0.25, 0.3) is 0 Å². The van der Waals surface area contributed by atoms with Crippen LogP contribution in [0.2, 0.25) is 0 Å². The molecule has 0 aliphatic heterocycles. The highest BCUT2D eigenvalue weighted by Crippen LogP contribution is 2.23. The molecule has 1 N–H and O–H groups in total. The highest BCUT2D eigenvalue weighted by molar-refractivity contribution is 9.10. The lowest BCUT2D eigenvalue weighted by atomic mass is 10.1. The van der Waals surface area contributed by atoms with Crippen molar-refractivity contribution in [2.45, 2.75) is 19.8 Å². The number of benzene rings is 1. The molecule has 0 spiro atoms. The van der Waals surface area contributed by atoms with Crippen LogP contribution in [0.3, 0.4) is 0 Å². The van der Waals surface area contributed by atoms with Crippen molar-refractivity contribution in [3.8, 4) is 5.75 Å². The second-order valence-electron chi connectivity index (χ2n) is 3.41. The molecule has 1 aromatic rings. The van der Waals surface area contributed by atoms with Crippen molar-refractivity contribution in [3.63, 3.8) is 0 Å². The summed E-state index contributed by atoms with van der Waals surface area (Å²) in [5.74, 6) is 1.01. The molecule has 0 aliphatic rings. The Labute approximate surface area is 100 Å². The fourth-order valence-corrected chi connectivity index (χ4v) is 1.80. The van der Waals surface area contributed by atoms with E-state index in [1.807, 2.05) is 19.2 Å². The molecule has 0 amide bonds. The van der Waals surface area contributed by atoms with Crippen LogP contribution < -0.4 is 10.1 Å². The van der Waals surface area contributed by atoms with Crippen molar-refractivity contribution in [1.29, 1.82) is 0 Å². The fraction of sp³-hybridized carbons (Fsp3) is 0.500. The van der Waals surface area contributed by atoms with Crippen LogP contribution in [0, 0.1) is 0 Å². The Bertz CT molecular complexity index is 302. The monoisotopic (exact) mass is 271 g/mol. The Balaban J connectivity index is 2.52. The first-order valence-corrected chi connectivity index (χ1v) is 6.13. The van der Waals surface area contributed by atoms with Crippen molar-refractivity contribution in [3.05, 3.63) is 28.2 Å². The molecule has 0 aromatic heterocycles. The Morgan fingerprint density at radius 2 is 2.20 bits per heavy atom. The van der Waals surface area contributed by atoms with Gasteiger partial charge in [-0.1, -0.05) is 22.9 Å². The topological polar surface area (TPSA) is 21.3 Å². The molecular formula is C12H18BrNO. The molecule has 15 heavy (non-hydrogen) atoms. The highest BCUT2D eigenvalue weighted by Gasteiger charge is 2.02. The quantitative estimate of drug-likeness (QED) is 0.804. The third-order valence-corrected chi connectivity index (χ3v) is 2.73. The summed E-state index contributed by atoms with van der Waals surface area (Å²) in [5.41, 5.74) is 1.26. The molecule has 1 rings (SSSR count). The summed E-state index contributed by atoms with van der Waals surface area (Å²) in [6, 6.07) is 6.17. The Kier molecular flexibility index (Phi) is 5.73. The standard InChI is InChI=1S/C12H18BrNO/c1-3-10-9-11(13)5-6-12(10)15-8-4-7-14-2/h5-6,9,14H,3-4,7-8H2,1-2H3. The maximum Gasteiger partial charge on any atom is 0.122 e. The van der Waals surface area contributed by atoms with Gasteiger partial charge in [0.1, 0.15) is 5.75 Å². The first-order valence-electron chi connectivity index (χ1n) is 5.33. The summed E-state index contributed by atoms with van der Waals surface area (Å²) in [6.45, 7) is 3.91. The molecule has 1 aromatic carbocycles. The van der Waals surface area contributed by atoms with Crippen LogP contribution in [0.15, 0.2) is 22.7 Å². The van der Waals surface area contributed by atoms with E-state index in [-0.39, 0.29) is 0 Å². The second-order valence-corrected chi connectivity index (χ2v) is 4.33. The predicted octanol–water partition coefficient (Wildman–Crippen LogP) is 3.00. The van der Waals surface area contributed by atoms with E-state index in [4.69, 9.17) is 4.74 Å². The third-order valence-electron chi connectivity index (χ3n) is 2.23. The Morgan fingerprint density at radius 1 is 1.40 bits per heavy atom. The summed E-state index contributed by atoms with van der Waals surface area (Å²) >= 11 is 3.46. The van der Waals surface area contributed by atoms with Crippen LogP contribution in [-0.2, 0) is 6.42 Å². The van der Waals surface area contributed by atoms with Gasteiger partial charge in [-0.15, -0.1) is 0 Å². The third kappa shape index (κ3) is 4.22. The summed E-state index contributed by atoms with van der Waals surface area (Å²) < 4.78 is 6.84. The molecule has 3 heteroatoms. The number of nitrogens with one attached hydrogen (secondary N) is 1. The SMILES string of the molecule is CCc1cc(Br)ccc1OCCCNC. The fourth-order valence-electron chi connectivity index (χ4n) is 1.40. The van der Waals surface area contributed by atoms with Crippen molar-refractivity contribution < 1.29 is 4.74 Å². The minimum Gasteiger partial charge on any atom is -0.493 e. The molecule has 0 atom stereocenters. The van der Waals surface area contributed by atoms with Gasteiger partial charge in [-0.2, -0.15) is 0 Å². The molecular weight excluding hydrogens is 254 g/mol. The molecule has 0 aliphatic carbocycles. The first-order chi connectivity index (χ1) is 7.27. The van der Waals surface area contributed by atoms with Gasteiger partial charge in [0, 0.05) is 4.47 Å². The molecule has 0 heterocycles. The molecule has 0 fully saturated rings. The predicted molar refractivity (Wildman–Crippen MR) is 67.6 cm³/mol. The minimum absolute atomic E-state index is 0.773. The highest BCUT2D eigenvalue weighted by atomic mass is 79.9. The van der Waals surface area contributed by atoms with E-state index in [0.717, 1.165) is 36.2 Å². The zero-order chi connectivity index (χ0) is 11.1. The van der Waals surface area contributed by atoms with Gasteiger partial charge < -0.3 is 10.1 Å². The average molecular weight is 272 g/mol. The van der Waals surface area contributed by atoms with Gasteiger partial charge in [-0.3, -0.25) is 0 Å². The van der Waals surface area contributed by atoms with Gasteiger partial charge in [-0.25, -0.2) is 0 Å². The van der Waals surface area contributed by atoms with Gasteiger partial charge in [0.2, 0.25) is 0 Å². The van der Waals surface area contributed by atoms with Crippen molar-refractivity contribution in [2.24, 2.45) is 0 Å². The van der Waals surface area contributed by atoms with E-state index in [1.54, 1.807) is 0 Å². The van der Waals surface area contributed by atoms with E-state index in [2.05, 4.69) is 34.2 Å². The molecule has 0 radical (unpaired) electrons. The molecule has 0 bridgehead atoms. The number of aryl methyl sites for hydroxylation is 1. The van der Waals surface area contributed by atoms with E-state index >= 15 is 0 Å². The van der Waals surface area contributed by atoms with E-state index in [9.17, 15) is 0 Å². The molecule has 0 saturated heterocycles.